The highest BCUT2D eigenvalue weighted by Crippen LogP contribution is 2.41. The van der Waals surface area contributed by atoms with E-state index >= 15 is 0 Å². The average molecular weight is 367 g/mol. The highest BCUT2D eigenvalue weighted by molar-refractivity contribution is 6.00. The van der Waals surface area contributed by atoms with Gasteiger partial charge in [0.25, 0.3) is 5.84 Å². The summed E-state index contributed by atoms with van der Waals surface area (Å²) in [4.78, 5) is 21.0. The number of rotatable bonds is 3. The summed E-state index contributed by atoms with van der Waals surface area (Å²) in [6.45, 7) is 0. The normalized spacial score (nSPS) is 29.5. The van der Waals surface area contributed by atoms with Gasteiger partial charge in [-0.15, -0.1) is 4.59 Å². The Kier molecular flexibility index (Phi) is 4.41. The first-order chi connectivity index (χ1) is 13.0. The molecule has 0 bridgehead atoms. The van der Waals surface area contributed by atoms with Crippen molar-refractivity contribution in [3.8, 4) is 5.75 Å². The fraction of sp³-hybridized carbons (Fsp3) is 0.350. The van der Waals surface area contributed by atoms with E-state index in [0.29, 0.717) is 5.84 Å². The molecule has 1 unspecified atom stereocenters. The number of methoxy groups -OCH3 is 1. The van der Waals surface area contributed by atoms with Crippen LogP contribution in [0.3, 0.4) is 0 Å². The number of phenolic OH excluding ortho intramolecular Hbond substituents is 1. The van der Waals surface area contributed by atoms with Crippen molar-refractivity contribution >= 4 is 18.0 Å². The van der Waals surface area contributed by atoms with E-state index < -0.39 is 0 Å². The zero-order chi connectivity index (χ0) is 19.0. The zero-order valence-electron chi connectivity index (χ0n) is 15.2. The highest BCUT2D eigenvalue weighted by atomic mass is 16.5. The summed E-state index contributed by atoms with van der Waals surface area (Å²) in [7, 11) is 1.44. The molecule has 2 heterocycles. The number of hydrogen-bond acceptors (Lipinski definition) is 6. The first-order valence-corrected chi connectivity index (χ1v) is 9.12. The predicted molar refractivity (Wildman–Crippen MR) is 101 cm³/mol. The largest absolute Gasteiger partial charge is 0.508 e. The van der Waals surface area contributed by atoms with Crippen LogP contribution in [0.25, 0.3) is 0 Å². The number of benzene rings is 1. The van der Waals surface area contributed by atoms with Gasteiger partial charge in [0.05, 0.1) is 31.0 Å². The standard InChI is InChI=1S/C20H22N4O3/c1-27-20(26)14-7-5-13(6-8-14)18-17-12-22-9-10-24(17,21)19(23-18)15-3-2-4-16(25)11-15/h2-4,9-14H,5-8,21H2,1H3/p+1. The van der Waals surface area contributed by atoms with Gasteiger partial charge < -0.3 is 9.84 Å². The van der Waals surface area contributed by atoms with Crippen LogP contribution in [0.5, 0.6) is 5.75 Å². The van der Waals surface area contributed by atoms with Crippen LogP contribution in [0.1, 0.15) is 31.2 Å². The van der Waals surface area contributed by atoms with E-state index in [1.807, 2.05) is 6.07 Å². The molecule has 1 atom stereocenters. The molecule has 0 aromatic heterocycles. The molecular weight excluding hydrogens is 344 g/mol. The molecule has 2 aliphatic heterocycles. The van der Waals surface area contributed by atoms with Gasteiger partial charge in [0.15, 0.2) is 0 Å². The van der Waals surface area contributed by atoms with Crippen molar-refractivity contribution in [2.24, 2.45) is 27.7 Å². The number of aromatic hydroxyl groups is 1. The van der Waals surface area contributed by atoms with E-state index in [1.165, 1.54) is 7.11 Å². The van der Waals surface area contributed by atoms with Gasteiger partial charge in [-0.25, -0.2) is 0 Å². The molecule has 3 aliphatic rings. The smallest absolute Gasteiger partial charge is 0.308 e. The fourth-order valence-electron chi connectivity index (χ4n) is 4.12. The molecule has 0 spiro atoms. The molecular formula is C20H23N4O3+. The zero-order valence-corrected chi connectivity index (χ0v) is 15.2. The van der Waals surface area contributed by atoms with E-state index in [-0.39, 0.29) is 28.1 Å². The van der Waals surface area contributed by atoms with Crippen molar-refractivity contribution in [3.63, 3.8) is 0 Å². The average Bonchev–Trinajstić information content (AvgIpc) is 3.00. The highest BCUT2D eigenvalue weighted by Gasteiger charge is 2.46. The van der Waals surface area contributed by atoms with Crippen molar-refractivity contribution in [1.29, 1.82) is 0 Å². The van der Waals surface area contributed by atoms with Gasteiger partial charge in [0, 0.05) is 5.92 Å². The van der Waals surface area contributed by atoms with Crippen LogP contribution in [-0.4, -0.2) is 34.8 Å². The third-order valence-corrected chi connectivity index (χ3v) is 5.58. The number of aliphatic imine (C=N–C) groups is 2. The SMILES string of the molecule is COC(=O)C1CCC(C2=C3C=NC=C[N+]3(N)C(c3cccc(O)c3)=N2)CC1. The quantitative estimate of drug-likeness (QED) is 0.487. The third-order valence-electron chi connectivity index (χ3n) is 5.58. The number of nitrogens with zero attached hydrogens (tertiary/aromatic N) is 3. The van der Waals surface area contributed by atoms with E-state index in [1.54, 1.807) is 36.8 Å². The van der Waals surface area contributed by atoms with Crippen molar-refractivity contribution in [2.75, 3.05) is 7.11 Å². The minimum absolute atomic E-state index is 0.0372. The number of esters is 1. The van der Waals surface area contributed by atoms with Crippen LogP contribution in [0.15, 0.2) is 58.0 Å². The molecule has 1 saturated carbocycles. The van der Waals surface area contributed by atoms with E-state index in [2.05, 4.69) is 4.99 Å². The molecule has 4 rings (SSSR count). The summed E-state index contributed by atoms with van der Waals surface area (Å²) in [5.74, 6) is 7.58. The number of carbonyl (C=O) groups excluding carboxylic acids is 1. The first-order valence-electron chi connectivity index (χ1n) is 9.12. The van der Waals surface area contributed by atoms with Gasteiger partial charge in [-0.3, -0.25) is 9.79 Å². The summed E-state index contributed by atoms with van der Waals surface area (Å²) in [6.07, 6.45) is 8.50. The molecule has 0 radical (unpaired) electrons. The molecule has 0 amide bonds. The minimum atomic E-state index is -0.132. The molecule has 0 saturated heterocycles. The van der Waals surface area contributed by atoms with Gasteiger partial charge >= 0.3 is 5.97 Å². The third kappa shape index (κ3) is 2.98. The lowest BCUT2D eigenvalue weighted by Crippen LogP contribution is -2.53. The Balaban J connectivity index is 1.67. The molecule has 7 heteroatoms. The molecule has 1 aromatic carbocycles. The lowest BCUT2D eigenvalue weighted by Gasteiger charge is -2.28. The van der Waals surface area contributed by atoms with Crippen molar-refractivity contribution < 1.29 is 19.2 Å². The molecule has 7 nitrogen and oxygen atoms in total. The molecule has 27 heavy (non-hydrogen) atoms. The van der Waals surface area contributed by atoms with Crippen LogP contribution in [0, 0.1) is 11.8 Å². The van der Waals surface area contributed by atoms with Crippen LogP contribution in [-0.2, 0) is 9.53 Å². The van der Waals surface area contributed by atoms with Gasteiger partial charge in [0.2, 0.25) is 5.70 Å². The maximum absolute atomic E-state index is 11.8. The second-order valence-electron chi connectivity index (χ2n) is 7.18. The van der Waals surface area contributed by atoms with Crippen LogP contribution in [0.2, 0.25) is 0 Å². The number of nitrogens with two attached hydrogens (primary N) is 1. The van der Waals surface area contributed by atoms with Crippen LogP contribution in [0.4, 0.5) is 0 Å². The summed E-state index contributed by atoms with van der Waals surface area (Å²) >= 11 is 0. The van der Waals surface area contributed by atoms with Gasteiger partial charge in [-0.05, 0) is 43.9 Å². The number of fused-ring (bicyclic) bond motifs is 1. The number of quaternary nitrogens is 1. The van der Waals surface area contributed by atoms with Crippen LogP contribution >= 0.6 is 0 Å². The lowest BCUT2D eigenvalue weighted by molar-refractivity contribution is -0.750. The minimum Gasteiger partial charge on any atom is -0.508 e. The topological polar surface area (TPSA) is 97.3 Å². The number of phenols is 1. The lowest BCUT2D eigenvalue weighted by atomic mass is 9.80. The predicted octanol–water partition coefficient (Wildman–Crippen LogP) is 2.59. The summed E-state index contributed by atoms with van der Waals surface area (Å²) < 4.78 is 4.83. The van der Waals surface area contributed by atoms with E-state index in [4.69, 9.17) is 15.6 Å². The maximum Gasteiger partial charge on any atom is 0.308 e. The van der Waals surface area contributed by atoms with Crippen molar-refractivity contribution in [1.82, 2.24) is 0 Å². The summed E-state index contributed by atoms with van der Waals surface area (Å²) in [5.41, 5.74) is 2.54. The Morgan fingerprint density at radius 3 is 2.78 bits per heavy atom. The molecule has 1 aromatic rings. The second kappa shape index (κ2) is 6.75. The van der Waals surface area contributed by atoms with Crippen molar-refractivity contribution in [3.05, 3.63) is 53.6 Å². The van der Waals surface area contributed by atoms with Gasteiger partial charge in [-0.1, -0.05) is 6.07 Å². The number of hydrogen-bond donors (Lipinski definition) is 2. The molecule has 1 fully saturated rings. The number of amidine groups is 1. The fourth-order valence-corrected chi connectivity index (χ4v) is 4.12. The van der Waals surface area contributed by atoms with Crippen LogP contribution < -0.4 is 5.84 Å². The number of allylic oxidation sites excluding steroid dienone is 2. The maximum atomic E-state index is 11.8. The van der Waals surface area contributed by atoms with E-state index in [0.717, 1.165) is 42.6 Å². The molecule has 1 aliphatic carbocycles. The molecule has 140 valence electrons. The van der Waals surface area contributed by atoms with Crippen molar-refractivity contribution in [2.45, 2.75) is 25.7 Å². The van der Waals surface area contributed by atoms with E-state index in [9.17, 15) is 9.90 Å². The second-order valence-corrected chi connectivity index (χ2v) is 7.18. The van der Waals surface area contributed by atoms with Gasteiger partial charge in [-0.2, -0.15) is 10.8 Å². The Morgan fingerprint density at radius 1 is 1.30 bits per heavy atom. The Hall–Kier alpha value is -2.77. The first kappa shape index (κ1) is 17.6. The number of ether oxygens (including phenoxy) is 1. The van der Waals surface area contributed by atoms with Gasteiger partial charge in [0.1, 0.15) is 17.6 Å². The molecule has 3 N–H and O–H groups in total. The Morgan fingerprint density at radius 2 is 2.07 bits per heavy atom. The Bertz CT molecular complexity index is 894. The number of carbonyl (C=O) groups is 1. The monoisotopic (exact) mass is 367 g/mol. The summed E-state index contributed by atoms with van der Waals surface area (Å²) in [6, 6.07) is 6.96. The Labute approximate surface area is 157 Å². The summed E-state index contributed by atoms with van der Waals surface area (Å²) in [5, 5.41) is 9.87.